The maximum Gasteiger partial charge on any atom is 0.0788 e. The minimum atomic E-state index is 0.519. The smallest absolute Gasteiger partial charge is 0.0788 e. The minimum absolute atomic E-state index is 0.519. The fourth-order valence-electron chi connectivity index (χ4n) is 0.813. The second-order valence-corrected chi connectivity index (χ2v) is 2.62. The van der Waals surface area contributed by atoms with Crippen molar-refractivity contribution in [1.82, 2.24) is 0 Å². The van der Waals surface area contributed by atoms with Gasteiger partial charge in [0.15, 0.2) is 0 Å². The third-order valence-electron chi connectivity index (χ3n) is 1.37. The average molecular weight is 124 g/mol. The predicted octanol–water partition coefficient (Wildman–Crippen LogP) is 0.940. The third kappa shape index (κ3) is 1.31. The van der Waals surface area contributed by atoms with Crippen molar-refractivity contribution in [3.63, 3.8) is 0 Å². The molecule has 0 radical (unpaired) electrons. The van der Waals surface area contributed by atoms with E-state index in [1.54, 1.807) is 0 Å². The summed E-state index contributed by atoms with van der Waals surface area (Å²) in [5.74, 6) is 0.519. The van der Waals surface area contributed by atoms with E-state index in [1.807, 2.05) is 6.08 Å². The highest BCUT2D eigenvalue weighted by molar-refractivity contribution is 5.98. The summed E-state index contributed by atoms with van der Waals surface area (Å²) >= 11 is 0. The quantitative estimate of drug-likeness (QED) is 0.555. The van der Waals surface area contributed by atoms with Gasteiger partial charge in [-0.15, -0.1) is 0 Å². The molecule has 0 aliphatic carbocycles. The van der Waals surface area contributed by atoms with E-state index in [0.717, 1.165) is 11.4 Å². The highest BCUT2D eigenvalue weighted by Crippen LogP contribution is 2.06. The summed E-state index contributed by atoms with van der Waals surface area (Å²) in [6, 6.07) is 0. The molecule has 2 nitrogen and oxygen atoms in total. The van der Waals surface area contributed by atoms with Crippen LogP contribution in [0.4, 0.5) is 0 Å². The van der Waals surface area contributed by atoms with Gasteiger partial charge in [0, 0.05) is 11.4 Å². The van der Waals surface area contributed by atoms with Gasteiger partial charge in [-0.3, -0.25) is 4.99 Å². The van der Waals surface area contributed by atoms with Crippen LogP contribution < -0.4 is 5.73 Å². The van der Waals surface area contributed by atoms with Crippen LogP contribution in [0.2, 0.25) is 0 Å². The van der Waals surface area contributed by atoms with Crippen LogP contribution in [0, 0.1) is 5.92 Å². The Morgan fingerprint density at radius 3 is 2.56 bits per heavy atom. The van der Waals surface area contributed by atoms with Crippen LogP contribution in [-0.2, 0) is 0 Å². The fraction of sp³-hybridized carbons (Fsp3) is 0.571. The number of aliphatic imine (C=N–C) groups is 1. The van der Waals surface area contributed by atoms with Crippen molar-refractivity contribution in [3.8, 4) is 0 Å². The van der Waals surface area contributed by atoms with Gasteiger partial charge in [0.05, 0.1) is 6.54 Å². The summed E-state index contributed by atoms with van der Waals surface area (Å²) < 4.78 is 0. The third-order valence-corrected chi connectivity index (χ3v) is 1.37. The van der Waals surface area contributed by atoms with Crippen molar-refractivity contribution in [3.05, 3.63) is 11.8 Å². The Labute approximate surface area is 55.5 Å². The van der Waals surface area contributed by atoms with Crippen LogP contribution >= 0.6 is 0 Å². The Bertz CT molecular complexity index is 166. The molecule has 0 spiro atoms. The molecule has 50 valence electrons. The molecule has 2 heteroatoms. The van der Waals surface area contributed by atoms with Gasteiger partial charge in [0.25, 0.3) is 0 Å². The molecule has 0 amide bonds. The number of rotatable bonds is 1. The Kier molecular flexibility index (Phi) is 1.56. The largest absolute Gasteiger partial charge is 0.400 e. The molecule has 0 atom stereocenters. The maximum absolute atomic E-state index is 5.51. The van der Waals surface area contributed by atoms with Crippen molar-refractivity contribution < 1.29 is 0 Å². The molecule has 2 N–H and O–H groups in total. The second kappa shape index (κ2) is 2.21. The first-order valence-corrected chi connectivity index (χ1v) is 3.20. The Hall–Kier alpha value is -0.790. The zero-order valence-corrected chi connectivity index (χ0v) is 5.89. The number of hydrogen-bond acceptors (Lipinski definition) is 2. The van der Waals surface area contributed by atoms with Gasteiger partial charge >= 0.3 is 0 Å². The summed E-state index contributed by atoms with van der Waals surface area (Å²) in [6.45, 7) is 4.94. The molecule has 0 saturated carbocycles. The highest BCUT2D eigenvalue weighted by Gasteiger charge is 2.07. The van der Waals surface area contributed by atoms with Gasteiger partial charge in [0.1, 0.15) is 0 Å². The molecule has 0 aromatic heterocycles. The molecule has 1 rings (SSSR count). The van der Waals surface area contributed by atoms with E-state index in [9.17, 15) is 0 Å². The summed E-state index contributed by atoms with van der Waals surface area (Å²) in [6.07, 6.45) is 1.96. The molecular weight excluding hydrogens is 112 g/mol. The van der Waals surface area contributed by atoms with Crippen LogP contribution in [0.15, 0.2) is 16.8 Å². The van der Waals surface area contributed by atoms with Crippen LogP contribution in [0.5, 0.6) is 0 Å². The van der Waals surface area contributed by atoms with Gasteiger partial charge in [-0.25, -0.2) is 0 Å². The molecule has 0 bridgehead atoms. The van der Waals surface area contributed by atoms with E-state index in [1.165, 1.54) is 0 Å². The molecule has 1 heterocycles. The van der Waals surface area contributed by atoms with E-state index < -0.39 is 0 Å². The number of nitrogens with zero attached hydrogens (tertiary/aromatic N) is 1. The Morgan fingerprint density at radius 2 is 2.33 bits per heavy atom. The molecule has 0 unspecified atom stereocenters. The lowest BCUT2D eigenvalue weighted by atomic mass is 10.1. The van der Waals surface area contributed by atoms with Crippen molar-refractivity contribution in [2.45, 2.75) is 13.8 Å². The Balaban J connectivity index is 2.64. The van der Waals surface area contributed by atoms with E-state index >= 15 is 0 Å². The van der Waals surface area contributed by atoms with Gasteiger partial charge in [0.2, 0.25) is 0 Å². The molecule has 9 heavy (non-hydrogen) atoms. The first-order chi connectivity index (χ1) is 4.20. The zero-order chi connectivity index (χ0) is 6.85. The van der Waals surface area contributed by atoms with Gasteiger partial charge in [-0.2, -0.15) is 0 Å². The summed E-state index contributed by atoms with van der Waals surface area (Å²) in [5.41, 5.74) is 7.53. The van der Waals surface area contributed by atoms with Gasteiger partial charge in [-0.05, 0) is 12.0 Å². The standard InChI is InChI=1S/C7H12N2/c1-5(2)7-3-6(8)4-9-7/h3,5H,4,8H2,1-2H3. The molecular formula is C7H12N2. The second-order valence-electron chi connectivity index (χ2n) is 2.62. The minimum Gasteiger partial charge on any atom is -0.400 e. The van der Waals surface area contributed by atoms with Crippen LogP contribution in [0.3, 0.4) is 0 Å². The molecule has 1 aliphatic rings. The first kappa shape index (κ1) is 6.33. The van der Waals surface area contributed by atoms with E-state index in [0.29, 0.717) is 12.5 Å². The molecule has 0 fully saturated rings. The van der Waals surface area contributed by atoms with E-state index in [2.05, 4.69) is 18.8 Å². The highest BCUT2D eigenvalue weighted by atomic mass is 14.8. The summed E-state index contributed by atoms with van der Waals surface area (Å²) in [4.78, 5) is 4.22. The Morgan fingerprint density at radius 1 is 1.67 bits per heavy atom. The maximum atomic E-state index is 5.51. The number of hydrogen-bond donors (Lipinski definition) is 1. The molecule has 0 aromatic rings. The van der Waals surface area contributed by atoms with Crippen molar-refractivity contribution in [2.24, 2.45) is 16.6 Å². The van der Waals surface area contributed by atoms with Gasteiger partial charge < -0.3 is 5.73 Å². The van der Waals surface area contributed by atoms with E-state index in [4.69, 9.17) is 5.73 Å². The predicted molar refractivity (Wildman–Crippen MR) is 39.4 cm³/mol. The van der Waals surface area contributed by atoms with Crippen molar-refractivity contribution in [1.29, 1.82) is 0 Å². The molecule has 0 aromatic carbocycles. The average Bonchev–Trinajstić information content (AvgIpc) is 2.14. The summed E-state index contributed by atoms with van der Waals surface area (Å²) in [5, 5.41) is 0. The van der Waals surface area contributed by atoms with Gasteiger partial charge in [-0.1, -0.05) is 13.8 Å². The molecule has 1 aliphatic heterocycles. The topological polar surface area (TPSA) is 38.4 Å². The van der Waals surface area contributed by atoms with Crippen LogP contribution in [0.1, 0.15) is 13.8 Å². The zero-order valence-electron chi connectivity index (χ0n) is 5.89. The SMILES string of the molecule is CC(C)C1=NCC(N)=C1. The van der Waals surface area contributed by atoms with Crippen molar-refractivity contribution >= 4 is 5.71 Å². The first-order valence-electron chi connectivity index (χ1n) is 3.20. The fourth-order valence-corrected chi connectivity index (χ4v) is 0.813. The normalized spacial score (nSPS) is 18.1. The van der Waals surface area contributed by atoms with Crippen LogP contribution in [0.25, 0.3) is 0 Å². The lowest BCUT2D eigenvalue weighted by Gasteiger charge is -1.97. The lowest BCUT2D eigenvalue weighted by molar-refractivity contribution is 0.887. The molecule has 0 saturated heterocycles. The monoisotopic (exact) mass is 124 g/mol. The number of allylic oxidation sites excluding steroid dienone is 1. The number of nitrogens with two attached hydrogens (primary N) is 1. The summed E-state index contributed by atoms with van der Waals surface area (Å²) in [7, 11) is 0. The lowest BCUT2D eigenvalue weighted by Crippen LogP contribution is -2.01. The van der Waals surface area contributed by atoms with E-state index in [-0.39, 0.29) is 0 Å². The van der Waals surface area contributed by atoms with Crippen LogP contribution in [-0.4, -0.2) is 12.3 Å². The van der Waals surface area contributed by atoms with Crippen molar-refractivity contribution in [2.75, 3.05) is 6.54 Å².